The van der Waals surface area contributed by atoms with E-state index >= 15 is 0 Å². The number of aromatic nitrogens is 5. The van der Waals surface area contributed by atoms with Gasteiger partial charge in [-0.3, -0.25) is 9.97 Å². The highest BCUT2D eigenvalue weighted by Crippen LogP contribution is 2.57. The van der Waals surface area contributed by atoms with Crippen LogP contribution in [-0.2, 0) is 6.54 Å². The summed E-state index contributed by atoms with van der Waals surface area (Å²) in [6, 6.07) is 9.19. The zero-order valence-electron chi connectivity index (χ0n) is 19.9. The van der Waals surface area contributed by atoms with Gasteiger partial charge in [-0.1, -0.05) is 6.07 Å². The number of nitrogens with one attached hydrogen (secondary N) is 2. The van der Waals surface area contributed by atoms with Gasteiger partial charge >= 0.3 is 0 Å². The van der Waals surface area contributed by atoms with Gasteiger partial charge in [0, 0.05) is 30.7 Å². The number of hydrogen-bond donors (Lipinski definition) is 3. The van der Waals surface area contributed by atoms with Gasteiger partial charge in [0.1, 0.15) is 11.2 Å². The van der Waals surface area contributed by atoms with Crippen molar-refractivity contribution >= 4 is 17.0 Å². The van der Waals surface area contributed by atoms with E-state index in [-0.39, 0.29) is 5.54 Å². The van der Waals surface area contributed by atoms with Gasteiger partial charge in [-0.15, -0.1) is 5.10 Å². The highest BCUT2D eigenvalue weighted by atomic mass is 19.1. The lowest BCUT2D eigenvalue weighted by Gasteiger charge is -2.60. The van der Waals surface area contributed by atoms with E-state index in [0.29, 0.717) is 41.4 Å². The molecule has 4 aromatic rings. The Morgan fingerprint density at radius 2 is 1.94 bits per heavy atom. The molecule has 9 heteroatoms. The summed E-state index contributed by atoms with van der Waals surface area (Å²) in [5.41, 5.74) is 2.16. The minimum Gasteiger partial charge on any atom is -0.390 e. The molecule has 36 heavy (non-hydrogen) atoms. The average molecular weight is 486 g/mol. The normalized spacial score (nSPS) is 28.6. The fraction of sp³-hybridized carbons (Fsp3) is 0.407. The first-order valence-electron chi connectivity index (χ1n) is 12.6. The van der Waals surface area contributed by atoms with E-state index in [1.54, 1.807) is 23.0 Å². The number of pyridine rings is 2. The number of nitrogens with zero attached hydrogens (tertiary/aromatic N) is 5. The van der Waals surface area contributed by atoms with Crippen molar-refractivity contribution in [3.8, 4) is 11.5 Å². The lowest BCUT2D eigenvalue weighted by atomic mass is 9.51. The predicted octanol–water partition coefficient (Wildman–Crippen LogP) is 4.24. The molecule has 0 saturated heterocycles. The standard InChI is InChI=1S/C27H28FN7O/c28-20-15-29-7-4-21(20)32-25-23-19(5-8-35(23)34-24(33-25)22-3-1-2-6-30-22)14-31-26-10-17-9-18(11-26)13-27(36,12-17)16-26/h1-8,15,17-18,31,36H,9-14,16H2,(H,29,32,33,34)/t17-,18+,26?,27?. The lowest BCUT2D eigenvalue weighted by Crippen LogP contribution is -2.64. The number of anilines is 2. The summed E-state index contributed by atoms with van der Waals surface area (Å²) in [5.74, 6) is 1.69. The van der Waals surface area contributed by atoms with Crippen LogP contribution in [0.5, 0.6) is 0 Å². The number of hydrogen-bond acceptors (Lipinski definition) is 7. The van der Waals surface area contributed by atoms with E-state index in [4.69, 9.17) is 10.1 Å². The molecule has 8 nitrogen and oxygen atoms in total. The highest BCUT2D eigenvalue weighted by Gasteiger charge is 2.56. The first kappa shape index (κ1) is 21.8. The van der Waals surface area contributed by atoms with Gasteiger partial charge in [0.2, 0.25) is 5.82 Å². The first-order chi connectivity index (χ1) is 17.5. The third-order valence-electron chi connectivity index (χ3n) is 8.20. The van der Waals surface area contributed by atoms with Gasteiger partial charge < -0.3 is 15.7 Å². The molecule has 4 aliphatic rings. The molecular formula is C27H28FN7O. The molecule has 3 N–H and O–H groups in total. The number of fused-ring (bicyclic) bond motifs is 1. The van der Waals surface area contributed by atoms with Crippen LogP contribution in [0, 0.1) is 17.7 Å². The largest absolute Gasteiger partial charge is 0.390 e. The third-order valence-corrected chi connectivity index (χ3v) is 8.20. The van der Waals surface area contributed by atoms with Crippen molar-refractivity contribution in [2.45, 2.75) is 56.2 Å². The van der Waals surface area contributed by atoms with Gasteiger partial charge in [0.05, 0.1) is 17.5 Å². The molecule has 0 amide bonds. The van der Waals surface area contributed by atoms with E-state index < -0.39 is 11.4 Å². The van der Waals surface area contributed by atoms with Gasteiger partial charge in [-0.25, -0.2) is 13.9 Å². The zero-order chi connectivity index (χ0) is 24.3. The van der Waals surface area contributed by atoms with Crippen LogP contribution < -0.4 is 10.6 Å². The fourth-order valence-corrected chi connectivity index (χ4v) is 7.23. The lowest BCUT2D eigenvalue weighted by molar-refractivity contribution is -0.142. The maximum absolute atomic E-state index is 14.5. The van der Waals surface area contributed by atoms with Crippen LogP contribution in [0.4, 0.5) is 15.9 Å². The Kier molecular flexibility index (Phi) is 4.87. The molecule has 4 aromatic heterocycles. The molecule has 0 radical (unpaired) electrons. The maximum Gasteiger partial charge on any atom is 0.200 e. The summed E-state index contributed by atoms with van der Waals surface area (Å²) in [4.78, 5) is 13.0. The summed E-state index contributed by atoms with van der Waals surface area (Å²) in [7, 11) is 0. The molecule has 2 unspecified atom stereocenters. The SMILES string of the molecule is OC12C[C@H]3C[C@@H](C1)CC(NCc1ccn4nc(-c5ccccn5)nc(Nc5ccncc5F)c14)(C3)C2. The fourth-order valence-electron chi connectivity index (χ4n) is 7.23. The number of rotatable bonds is 6. The second-order valence-corrected chi connectivity index (χ2v) is 10.9. The van der Waals surface area contributed by atoms with Gasteiger partial charge in [-0.05, 0) is 80.2 Å². The van der Waals surface area contributed by atoms with Crippen molar-refractivity contribution in [1.82, 2.24) is 29.9 Å². The molecule has 4 fully saturated rings. The van der Waals surface area contributed by atoms with Crippen molar-refractivity contribution in [2.75, 3.05) is 5.32 Å². The smallest absolute Gasteiger partial charge is 0.200 e. The molecule has 4 heterocycles. The summed E-state index contributed by atoms with van der Waals surface area (Å²) in [5, 5.41) is 22.9. The van der Waals surface area contributed by atoms with E-state index in [0.717, 1.165) is 43.2 Å². The van der Waals surface area contributed by atoms with Crippen LogP contribution >= 0.6 is 0 Å². The van der Waals surface area contributed by atoms with E-state index in [2.05, 4.69) is 20.6 Å². The summed E-state index contributed by atoms with van der Waals surface area (Å²) in [6.07, 6.45) is 12.5. The minimum atomic E-state index is -0.522. The molecule has 4 saturated carbocycles. The van der Waals surface area contributed by atoms with Crippen molar-refractivity contribution in [2.24, 2.45) is 11.8 Å². The Morgan fingerprint density at radius 3 is 2.69 bits per heavy atom. The molecule has 0 aromatic carbocycles. The monoisotopic (exact) mass is 485 g/mol. The van der Waals surface area contributed by atoms with Crippen LogP contribution in [0.1, 0.15) is 44.1 Å². The van der Waals surface area contributed by atoms with Crippen molar-refractivity contribution in [1.29, 1.82) is 0 Å². The van der Waals surface area contributed by atoms with Crippen LogP contribution in [0.25, 0.3) is 17.0 Å². The van der Waals surface area contributed by atoms with E-state index in [9.17, 15) is 9.50 Å². The summed E-state index contributed by atoms with van der Waals surface area (Å²) >= 11 is 0. The predicted molar refractivity (Wildman–Crippen MR) is 133 cm³/mol. The molecule has 184 valence electrons. The Morgan fingerprint density at radius 1 is 1.08 bits per heavy atom. The van der Waals surface area contributed by atoms with Crippen LogP contribution in [0.3, 0.4) is 0 Å². The molecule has 0 spiro atoms. The van der Waals surface area contributed by atoms with Crippen molar-refractivity contribution in [3.63, 3.8) is 0 Å². The van der Waals surface area contributed by atoms with Crippen LogP contribution in [0.15, 0.2) is 55.1 Å². The Bertz CT molecular complexity index is 1420. The highest BCUT2D eigenvalue weighted by molar-refractivity contribution is 5.78. The topological polar surface area (TPSA) is 100 Å². The van der Waals surface area contributed by atoms with Gasteiger partial charge in [-0.2, -0.15) is 0 Å². The average Bonchev–Trinajstić information content (AvgIpc) is 3.27. The molecule has 8 rings (SSSR count). The van der Waals surface area contributed by atoms with Crippen LogP contribution in [0.2, 0.25) is 0 Å². The summed E-state index contributed by atoms with van der Waals surface area (Å²) in [6.45, 7) is 0.617. The van der Waals surface area contributed by atoms with Crippen LogP contribution in [-0.4, -0.2) is 40.8 Å². The van der Waals surface area contributed by atoms with E-state index in [1.165, 1.54) is 12.6 Å². The first-order valence-corrected chi connectivity index (χ1v) is 12.6. The molecule has 4 aliphatic carbocycles. The molecule has 4 atom stereocenters. The van der Waals surface area contributed by atoms with Crippen molar-refractivity contribution in [3.05, 3.63) is 66.5 Å². The van der Waals surface area contributed by atoms with E-state index in [1.807, 2.05) is 30.5 Å². The van der Waals surface area contributed by atoms with Gasteiger partial charge in [0.25, 0.3) is 0 Å². The quantitative estimate of drug-likeness (QED) is 0.376. The number of halogens is 1. The zero-order valence-corrected chi connectivity index (χ0v) is 19.9. The summed E-state index contributed by atoms with van der Waals surface area (Å²) < 4.78 is 16.3. The van der Waals surface area contributed by atoms with Crippen molar-refractivity contribution < 1.29 is 9.50 Å². The number of aliphatic hydroxyl groups is 1. The Labute approximate surface area is 208 Å². The van der Waals surface area contributed by atoms with Gasteiger partial charge in [0.15, 0.2) is 11.6 Å². The maximum atomic E-state index is 14.5. The molecule has 0 aliphatic heterocycles. The second-order valence-electron chi connectivity index (χ2n) is 10.9. The Balaban J connectivity index is 1.26. The molecule has 4 bridgehead atoms. The third kappa shape index (κ3) is 3.74. The second kappa shape index (κ2) is 8.04. The minimum absolute atomic E-state index is 0.0351. The molecular weight excluding hydrogens is 457 g/mol. The Hall–Kier alpha value is -3.43.